The molecule has 2 amide bonds. The lowest BCUT2D eigenvalue weighted by Crippen LogP contribution is -2.42. The summed E-state index contributed by atoms with van der Waals surface area (Å²) in [6.45, 7) is 1.36. The first-order chi connectivity index (χ1) is 15.1. The van der Waals surface area contributed by atoms with Crippen LogP contribution in [0.1, 0.15) is 62.5 Å². The molecule has 0 spiro atoms. The van der Waals surface area contributed by atoms with E-state index in [0.29, 0.717) is 47.2 Å². The summed E-state index contributed by atoms with van der Waals surface area (Å²) in [7, 11) is 0. The van der Waals surface area contributed by atoms with E-state index in [-0.39, 0.29) is 30.0 Å². The van der Waals surface area contributed by atoms with Crippen LogP contribution in [0.3, 0.4) is 0 Å². The normalized spacial score (nSPS) is 18.6. The summed E-state index contributed by atoms with van der Waals surface area (Å²) in [4.78, 5) is 50.3. The number of thiophene rings is 1. The Morgan fingerprint density at radius 1 is 1.16 bits per heavy atom. The average Bonchev–Trinajstić information content (AvgIpc) is 3.52. The van der Waals surface area contributed by atoms with Gasteiger partial charge in [0.25, 0.3) is 17.4 Å². The molecule has 3 aromatic heterocycles. The molecule has 9 nitrogen and oxygen atoms in total. The molecule has 0 radical (unpaired) electrons. The number of likely N-dealkylation sites (tertiary alicyclic amines) is 1. The second kappa shape index (κ2) is 8.10. The van der Waals surface area contributed by atoms with Crippen molar-refractivity contribution in [2.45, 2.75) is 38.3 Å². The van der Waals surface area contributed by atoms with Crippen molar-refractivity contribution in [2.75, 3.05) is 13.1 Å². The number of hydrogen-bond donors (Lipinski definition) is 2. The second-order valence-corrected chi connectivity index (χ2v) is 8.76. The minimum Gasteiger partial charge on any atom is -0.333 e. The molecule has 0 aliphatic carbocycles. The van der Waals surface area contributed by atoms with Crippen LogP contribution < -0.4 is 5.56 Å². The highest BCUT2D eigenvalue weighted by atomic mass is 32.1. The van der Waals surface area contributed by atoms with Gasteiger partial charge in [0.15, 0.2) is 0 Å². The van der Waals surface area contributed by atoms with Crippen LogP contribution in [0.4, 0.5) is 0 Å². The molecule has 1 atom stereocenters. The van der Waals surface area contributed by atoms with E-state index in [9.17, 15) is 14.4 Å². The molecule has 5 heterocycles. The van der Waals surface area contributed by atoms with Gasteiger partial charge in [0, 0.05) is 25.7 Å². The van der Waals surface area contributed by atoms with Crippen LogP contribution in [0.25, 0.3) is 0 Å². The van der Waals surface area contributed by atoms with Crippen LogP contribution in [-0.4, -0.2) is 54.9 Å². The maximum atomic E-state index is 12.9. The number of piperidine rings is 1. The monoisotopic (exact) mass is 438 g/mol. The number of hydrogen-bond acceptors (Lipinski definition) is 6. The number of nitrogens with zero attached hydrogens (tertiary/aromatic N) is 4. The molecule has 0 unspecified atom stereocenters. The van der Waals surface area contributed by atoms with Crippen LogP contribution in [0.2, 0.25) is 0 Å². The van der Waals surface area contributed by atoms with Crippen molar-refractivity contribution in [1.82, 2.24) is 30.0 Å². The zero-order valence-corrected chi connectivity index (χ0v) is 17.7. The molecule has 160 valence electrons. The SMILES string of the molecule is O=C(c1cccs1)N1CCc2nc([C@H]3CCCCN3C(=O)c3ccn[nH]3)[nH]c(=O)c2C1. The summed E-state index contributed by atoms with van der Waals surface area (Å²) < 4.78 is 0. The third-order valence-corrected chi connectivity index (χ3v) is 6.77. The van der Waals surface area contributed by atoms with E-state index in [4.69, 9.17) is 4.98 Å². The molecule has 1 fully saturated rings. The van der Waals surface area contributed by atoms with Gasteiger partial charge in [0.2, 0.25) is 0 Å². The molecule has 3 aromatic rings. The highest BCUT2D eigenvalue weighted by molar-refractivity contribution is 7.12. The van der Waals surface area contributed by atoms with Gasteiger partial charge in [-0.25, -0.2) is 4.98 Å². The number of aromatic nitrogens is 4. The minimum atomic E-state index is -0.284. The van der Waals surface area contributed by atoms with Crippen LogP contribution in [-0.2, 0) is 13.0 Å². The highest BCUT2D eigenvalue weighted by Crippen LogP contribution is 2.30. The first-order valence-electron chi connectivity index (χ1n) is 10.4. The van der Waals surface area contributed by atoms with Crippen molar-refractivity contribution in [2.24, 2.45) is 0 Å². The van der Waals surface area contributed by atoms with Gasteiger partial charge >= 0.3 is 0 Å². The molecule has 2 aliphatic rings. The molecule has 2 aliphatic heterocycles. The number of rotatable bonds is 3. The quantitative estimate of drug-likeness (QED) is 0.650. The van der Waals surface area contributed by atoms with E-state index in [1.165, 1.54) is 11.3 Å². The average molecular weight is 439 g/mol. The summed E-state index contributed by atoms with van der Waals surface area (Å²) in [6, 6.07) is 5.00. The fourth-order valence-corrected chi connectivity index (χ4v) is 5.01. The van der Waals surface area contributed by atoms with E-state index in [1.54, 1.807) is 28.1 Å². The third kappa shape index (κ3) is 3.67. The van der Waals surface area contributed by atoms with Crippen molar-refractivity contribution >= 4 is 23.2 Å². The lowest BCUT2D eigenvalue weighted by Gasteiger charge is -2.35. The topological polar surface area (TPSA) is 115 Å². The first-order valence-corrected chi connectivity index (χ1v) is 11.2. The van der Waals surface area contributed by atoms with E-state index < -0.39 is 0 Å². The number of nitrogens with one attached hydrogen (secondary N) is 2. The van der Waals surface area contributed by atoms with Crippen molar-refractivity contribution < 1.29 is 9.59 Å². The van der Waals surface area contributed by atoms with Crippen LogP contribution in [0.5, 0.6) is 0 Å². The molecule has 0 bridgehead atoms. The third-order valence-electron chi connectivity index (χ3n) is 5.92. The van der Waals surface area contributed by atoms with E-state index >= 15 is 0 Å². The van der Waals surface area contributed by atoms with Crippen LogP contribution in [0, 0.1) is 0 Å². The molecule has 5 rings (SSSR count). The number of carbonyl (C=O) groups excluding carboxylic acids is 2. The van der Waals surface area contributed by atoms with Crippen molar-refractivity contribution in [3.8, 4) is 0 Å². The predicted molar refractivity (Wildman–Crippen MR) is 114 cm³/mol. The number of amides is 2. The molecule has 10 heteroatoms. The summed E-state index contributed by atoms with van der Waals surface area (Å²) in [5, 5.41) is 8.46. The predicted octanol–water partition coefficient (Wildman–Crippen LogP) is 2.12. The molecule has 0 aromatic carbocycles. The van der Waals surface area contributed by atoms with Gasteiger partial charge < -0.3 is 14.8 Å². The summed E-state index contributed by atoms with van der Waals surface area (Å²) in [6.07, 6.45) is 4.68. The van der Waals surface area contributed by atoms with Crippen molar-refractivity contribution in [3.63, 3.8) is 0 Å². The molecule has 0 saturated carbocycles. The van der Waals surface area contributed by atoms with Gasteiger partial charge in [-0.1, -0.05) is 6.07 Å². The Morgan fingerprint density at radius 3 is 2.84 bits per heavy atom. The Kier molecular flexibility index (Phi) is 5.14. The van der Waals surface area contributed by atoms with Crippen LogP contribution in [0.15, 0.2) is 34.6 Å². The maximum Gasteiger partial charge on any atom is 0.272 e. The Labute approximate surface area is 182 Å². The highest BCUT2D eigenvalue weighted by Gasteiger charge is 2.33. The minimum absolute atomic E-state index is 0.0623. The fraction of sp³-hybridized carbons (Fsp3) is 0.381. The smallest absolute Gasteiger partial charge is 0.272 e. The molecular weight excluding hydrogens is 416 g/mol. The van der Waals surface area contributed by atoms with Gasteiger partial charge in [0.05, 0.1) is 28.7 Å². The van der Waals surface area contributed by atoms with Crippen molar-refractivity contribution in [3.05, 3.63) is 67.8 Å². The Bertz CT molecular complexity index is 1150. The standard InChI is InChI=1S/C21H22N6O3S/c28-19-13-12-26(21(30)17-5-3-11-31-17)10-7-14(13)23-18(24-19)16-4-1-2-9-27(16)20(29)15-6-8-22-25-15/h3,5-6,8,11,16H,1-2,4,7,9-10,12H2,(H,22,25)(H,23,24,28)/t16-/m1/s1. The zero-order valence-electron chi connectivity index (χ0n) is 16.8. The lowest BCUT2D eigenvalue weighted by molar-refractivity contribution is 0.0591. The zero-order chi connectivity index (χ0) is 21.4. The summed E-state index contributed by atoms with van der Waals surface area (Å²) in [5.74, 6) is 0.317. The summed E-state index contributed by atoms with van der Waals surface area (Å²) >= 11 is 1.40. The molecule has 1 saturated heterocycles. The number of fused-ring (bicyclic) bond motifs is 1. The summed E-state index contributed by atoms with van der Waals surface area (Å²) in [5.41, 5.74) is 1.44. The van der Waals surface area contributed by atoms with Gasteiger partial charge in [-0.15, -0.1) is 11.3 Å². The maximum absolute atomic E-state index is 12.9. The lowest BCUT2D eigenvalue weighted by atomic mass is 9.99. The Morgan fingerprint density at radius 2 is 2.06 bits per heavy atom. The molecule has 31 heavy (non-hydrogen) atoms. The Hall–Kier alpha value is -3.27. The number of aromatic amines is 2. The largest absolute Gasteiger partial charge is 0.333 e. The fourth-order valence-electron chi connectivity index (χ4n) is 4.32. The van der Waals surface area contributed by atoms with E-state index in [0.717, 1.165) is 19.3 Å². The molecular formula is C21H22N6O3S. The van der Waals surface area contributed by atoms with Crippen molar-refractivity contribution in [1.29, 1.82) is 0 Å². The van der Waals surface area contributed by atoms with E-state index in [1.807, 2.05) is 11.4 Å². The van der Waals surface area contributed by atoms with Gasteiger partial charge in [-0.2, -0.15) is 5.10 Å². The number of carbonyl (C=O) groups is 2. The molecule has 2 N–H and O–H groups in total. The first kappa shape index (κ1) is 19.7. The second-order valence-electron chi connectivity index (χ2n) is 7.81. The number of H-pyrrole nitrogens is 2. The Balaban J connectivity index is 1.41. The van der Waals surface area contributed by atoms with Gasteiger partial charge in [-0.05, 0) is 36.8 Å². The van der Waals surface area contributed by atoms with Gasteiger partial charge in [0.1, 0.15) is 11.5 Å². The van der Waals surface area contributed by atoms with Crippen LogP contribution >= 0.6 is 11.3 Å². The van der Waals surface area contributed by atoms with Gasteiger partial charge in [-0.3, -0.25) is 19.5 Å². The van der Waals surface area contributed by atoms with E-state index in [2.05, 4.69) is 15.2 Å².